The SMILES string of the molecule is C=COC(=O)[C@H]1[C@H]2[C@@H]1[C@@](NC(=O)[C@H](CC(=O)NC(c1ccccc1)(c1ccccc1)c1ccccc1)NC(=O)OC(C)(C)C)(C(=O)OCC)C[C@@H]2O.[HH]. The van der Waals surface area contributed by atoms with Crippen LogP contribution in [0.15, 0.2) is 104 Å². The lowest BCUT2D eigenvalue weighted by molar-refractivity contribution is -0.156. The van der Waals surface area contributed by atoms with Crippen molar-refractivity contribution in [3.63, 3.8) is 0 Å². The van der Waals surface area contributed by atoms with Crippen molar-refractivity contribution >= 4 is 29.8 Å². The topological polar surface area (TPSA) is 169 Å². The fraction of sp³-hybridized carbons (Fsp3) is 0.375. The van der Waals surface area contributed by atoms with Crippen LogP contribution in [0.5, 0.6) is 0 Å². The summed E-state index contributed by atoms with van der Waals surface area (Å²) in [7, 11) is 0. The summed E-state index contributed by atoms with van der Waals surface area (Å²) in [5, 5.41) is 19.3. The number of carbonyl (C=O) groups excluding carboxylic acids is 5. The minimum atomic E-state index is -1.85. The predicted octanol–water partition coefficient (Wildman–Crippen LogP) is 4.36. The first-order valence-corrected chi connectivity index (χ1v) is 17.2. The summed E-state index contributed by atoms with van der Waals surface area (Å²) in [6.07, 6.45) is -2.02. The zero-order valence-electron chi connectivity index (χ0n) is 29.7. The summed E-state index contributed by atoms with van der Waals surface area (Å²) in [4.78, 5) is 68.2. The first-order chi connectivity index (χ1) is 24.8. The lowest BCUT2D eigenvalue weighted by Gasteiger charge is -2.37. The van der Waals surface area contributed by atoms with E-state index in [1.807, 2.05) is 91.0 Å². The van der Waals surface area contributed by atoms with Crippen LogP contribution in [0.1, 0.15) is 58.7 Å². The molecule has 3 aromatic rings. The Bertz CT molecular complexity index is 1690. The van der Waals surface area contributed by atoms with Crippen molar-refractivity contribution in [1.29, 1.82) is 0 Å². The number of nitrogens with one attached hydrogen (secondary N) is 3. The van der Waals surface area contributed by atoms with Gasteiger partial charge in [-0.3, -0.25) is 14.4 Å². The molecule has 52 heavy (non-hydrogen) atoms. The first kappa shape index (κ1) is 37.8. The molecule has 12 heteroatoms. The van der Waals surface area contributed by atoms with Crippen LogP contribution in [0.2, 0.25) is 0 Å². The number of benzene rings is 3. The largest absolute Gasteiger partial charge is 0.464 e. The molecule has 0 aromatic heterocycles. The van der Waals surface area contributed by atoms with E-state index in [0.29, 0.717) is 0 Å². The van der Waals surface area contributed by atoms with Crippen LogP contribution in [-0.4, -0.2) is 64.8 Å². The zero-order chi connectivity index (χ0) is 37.7. The third kappa shape index (κ3) is 7.71. The van der Waals surface area contributed by atoms with Crippen LogP contribution in [0.4, 0.5) is 4.79 Å². The quantitative estimate of drug-likeness (QED) is 0.0871. The molecule has 0 radical (unpaired) electrons. The molecule has 2 saturated carbocycles. The summed E-state index contributed by atoms with van der Waals surface area (Å²) >= 11 is 0. The number of hydrogen-bond donors (Lipinski definition) is 4. The number of ether oxygens (including phenoxy) is 3. The molecule has 0 saturated heterocycles. The van der Waals surface area contributed by atoms with E-state index >= 15 is 0 Å². The normalized spacial score (nSPS) is 22.5. The number of alkyl carbamates (subject to hydrolysis) is 1. The highest BCUT2D eigenvalue weighted by Crippen LogP contribution is 2.63. The van der Waals surface area contributed by atoms with Gasteiger partial charge in [0.15, 0.2) is 0 Å². The fourth-order valence-electron chi connectivity index (χ4n) is 7.37. The van der Waals surface area contributed by atoms with E-state index in [9.17, 15) is 29.1 Å². The van der Waals surface area contributed by atoms with Gasteiger partial charge in [-0.1, -0.05) is 97.6 Å². The molecule has 0 spiro atoms. The fourth-order valence-corrected chi connectivity index (χ4v) is 7.37. The molecule has 0 bridgehead atoms. The number of hydrogen-bond acceptors (Lipinski definition) is 9. The third-order valence-electron chi connectivity index (χ3n) is 9.42. The van der Waals surface area contributed by atoms with Gasteiger partial charge in [0.25, 0.3) is 0 Å². The minimum absolute atomic E-state index is 0. The van der Waals surface area contributed by atoms with E-state index in [2.05, 4.69) is 22.5 Å². The average Bonchev–Trinajstić information content (AvgIpc) is 3.81. The Kier molecular flexibility index (Phi) is 11.2. The van der Waals surface area contributed by atoms with E-state index in [-0.39, 0.29) is 14.5 Å². The van der Waals surface area contributed by atoms with Gasteiger partial charge in [-0.05, 0) is 44.4 Å². The van der Waals surface area contributed by atoms with Crippen molar-refractivity contribution in [2.75, 3.05) is 6.61 Å². The maximum Gasteiger partial charge on any atom is 0.408 e. The third-order valence-corrected chi connectivity index (χ3v) is 9.42. The summed E-state index contributed by atoms with van der Waals surface area (Å²) < 4.78 is 15.8. The Balaban J connectivity index is 0.00000627. The summed E-state index contributed by atoms with van der Waals surface area (Å²) in [6, 6.07) is 26.5. The lowest BCUT2D eigenvalue weighted by atomic mass is 9.77. The molecule has 6 atom stereocenters. The molecule has 0 unspecified atom stereocenters. The van der Waals surface area contributed by atoms with Gasteiger partial charge in [0.05, 0.1) is 31.3 Å². The molecule has 0 heterocycles. The molecule has 0 aliphatic heterocycles. The highest BCUT2D eigenvalue weighted by molar-refractivity contribution is 5.97. The molecule has 2 aliphatic carbocycles. The molecule has 2 aliphatic rings. The standard InChI is InChI=1S/C40H45N3O9.H2/c1-6-50-35(47)32-31-29(44)24-39(33(31)32,36(48)51-7-2)43-34(46)28(41-37(49)52-38(3,4)5)23-30(45)42-40(25-17-11-8-12-18-25,26-19-13-9-14-20-26)27-21-15-10-16-22-27;/h6,8-22,28-29,31-33,44H,1,7,23-24H2,2-5H3,(H,41,49)(H,42,45)(H,43,46);1H/t28-,29-,31-,32-,33-,39+;/m0./s1. The van der Waals surface area contributed by atoms with Crippen molar-refractivity contribution in [1.82, 2.24) is 16.0 Å². The number of fused-ring (bicyclic) bond motifs is 1. The first-order valence-electron chi connectivity index (χ1n) is 17.2. The van der Waals surface area contributed by atoms with Crippen LogP contribution in [0, 0.1) is 17.8 Å². The second-order valence-electron chi connectivity index (χ2n) is 14.0. The molecule has 3 amide bonds. The molecule has 2 fully saturated rings. The van der Waals surface area contributed by atoms with Crippen LogP contribution in [-0.2, 0) is 38.9 Å². The van der Waals surface area contributed by atoms with Gasteiger partial charge < -0.3 is 35.3 Å². The summed E-state index contributed by atoms with van der Waals surface area (Å²) in [6.45, 7) is 9.88. The van der Waals surface area contributed by atoms with Crippen LogP contribution in [0.3, 0.4) is 0 Å². The van der Waals surface area contributed by atoms with Gasteiger partial charge in [-0.15, -0.1) is 0 Å². The van der Waals surface area contributed by atoms with Gasteiger partial charge in [0.2, 0.25) is 11.8 Å². The molecule has 12 nitrogen and oxygen atoms in total. The van der Waals surface area contributed by atoms with E-state index in [1.165, 1.54) is 0 Å². The Labute approximate surface area is 304 Å². The Hall–Kier alpha value is -5.49. The Morgan fingerprint density at radius 3 is 1.90 bits per heavy atom. The van der Waals surface area contributed by atoms with Crippen molar-refractivity contribution in [2.45, 2.75) is 69.4 Å². The van der Waals surface area contributed by atoms with E-state index in [1.54, 1.807) is 27.7 Å². The number of amides is 3. The second-order valence-corrected chi connectivity index (χ2v) is 14.0. The predicted molar refractivity (Wildman–Crippen MR) is 192 cm³/mol. The monoisotopic (exact) mass is 713 g/mol. The highest BCUT2D eigenvalue weighted by atomic mass is 16.6. The van der Waals surface area contributed by atoms with Gasteiger partial charge >= 0.3 is 18.0 Å². The number of aliphatic hydroxyl groups excluding tert-OH is 1. The Morgan fingerprint density at radius 2 is 1.44 bits per heavy atom. The Morgan fingerprint density at radius 1 is 0.923 bits per heavy atom. The highest BCUT2D eigenvalue weighted by Gasteiger charge is 2.76. The van der Waals surface area contributed by atoms with Crippen molar-refractivity contribution in [3.8, 4) is 0 Å². The van der Waals surface area contributed by atoms with Gasteiger partial charge in [-0.25, -0.2) is 9.59 Å². The molecule has 4 N–H and O–H groups in total. The molecule has 3 aromatic carbocycles. The van der Waals surface area contributed by atoms with E-state index in [0.717, 1.165) is 23.0 Å². The van der Waals surface area contributed by atoms with Crippen molar-refractivity contribution < 1.29 is 44.7 Å². The molecule has 5 rings (SSSR count). The van der Waals surface area contributed by atoms with Gasteiger partial charge in [-0.2, -0.15) is 0 Å². The summed E-state index contributed by atoms with van der Waals surface area (Å²) in [5.41, 5.74) is -1.82. The smallest absolute Gasteiger partial charge is 0.408 e. The number of rotatable bonds is 13. The average molecular weight is 714 g/mol. The maximum atomic E-state index is 14.4. The lowest BCUT2D eigenvalue weighted by Crippen LogP contribution is -2.62. The maximum absolute atomic E-state index is 14.4. The molecular formula is C40H47N3O9. The number of esters is 2. The van der Waals surface area contributed by atoms with Crippen molar-refractivity contribution in [2.24, 2.45) is 17.8 Å². The van der Waals surface area contributed by atoms with E-state index < -0.39 is 82.8 Å². The van der Waals surface area contributed by atoms with Crippen LogP contribution >= 0.6 is 0 Å². The molecular weight excluding hydrogens is 666 g/mol. The minimum Gasteiger partial charge on any atom is -0.464 e. The summed E-state index contributed by atoms with van der Waals surface area (Å²) in [5.74, 6) is -5.60. The number of aliphatic hydroxyl groups is 1. The van der Waals surface area contributed by atoms with Gasteiger partial charge in [0, 0.05) is 19.7 Å². The van der Waals surface area contributed by atoms with E-state index in [4.69, 9.17) is 14.2 Å². The van der Waals surface area contributed by atoms with Crippen molar-refractivity contribution in [3.05, 3.63) is 121 Å². The van der Waals surface area contributed by atoms with Crippen LogP contribution in [0.25, 0.3) is 0 Å². The van der Waals surface area contributed by atoms with Crippen LogP contribution < -0.4 is 16.0 Å². The second kappa shape index (κ2) is 15.4. The zero-order valence-corrected chi connectivity index (χ0v) is 29.7. The number of carbonyl (C=O) groups is 5. The molecule has 276 valence electrons. The van der Waals surface area contributed by atoms with Gasteiger partial charge in [0.1, 0.15) is 22.7 Å².